The van der Waals surface area contributed by atoms with Crippen LogP contribution in [0.25, 0.3) is 0 Å². The molecule has 7 atom stereocenters. The highest BCUT2D eigenvalue weighted by atomic mass is 14.6. The third-order valence-corrected chi connectivity index (χ3v) is 6.12. The standard InChI is InChI=1S/C14H20/c1-7-8(2)12-6-11(7)13-9-3-4-10(5-9)14(12)13/h6-11,13-14H,3-5H2,1-2H3. The SMILES string of the molecule is CC1C2=CC(C1C)C1C3CCC(C3)C21. The van der Waals surface area contributed by atoms with Gasteiger partial charge >= 0.3 is 0 Å². The smallest absolute Gasteiger partial charge is 0.0135 e. The predicted octanol–water partition coefficient (Wildman–Crippen LogP) is 3.49. The van der Waals surface area contributed by atoms with E-state index in [1.165, 1.54) is 0 Å². The van der Waals surface area contributed by atoms with Gasteiger partial charge < -0.3 is 0 Å². The third kappa shape index (κ3) is 0.677. The van der Waals surface area contributed by atoms with Crippen LogP contribution in [0.4, 0.5) is 0 Å². The molecule has 0 aromatic heterocycles. The van der Waals surface area contributed by atoms with Crippen LogP contribution in [0.15, 0.2) is 11.6 Å². The minimum absolute atomic E-state index is 0.917. The second kappa shape index (κ2) is 2.28. The maximum absolute atomic E-state index is 2.69. The highest BCUT2D eigenvalue weighted by Crippen LogP contribution is 2.67. The van der Waals surface area contributed by atoms with Crippen molar-refractivity contribution in [2.45, 2.75) is 33.1 Å². The van der Waals surface area contributed by atoms with Crippen molar-refractivity contribution in [3.05, 3.63) is 11.6 Å². The molecule has 0 N–H and O–H groups in total. The average Bonchev–Trinajstić information content (AvgIpc) is 2.87. The van der Waals surface area contributed by atoms with E-state index >= 15 is 0 Å². The fourth-order valence-electron chi connectivity index (χ4n) is 5.42. The average molecular weight is 188 g/mol. The molecule has 0 heterocycles. The monoisotopic (exact) mass is 188 g/mol. The number of rotatable bonds is 0. The van der Waals surface area contributed by atoms with Gasteiger partial charge in [-0.2, -0.15) is 0 Å². The van der Waals surface area contributed by atoms with Crippen molar-refractivity contribution >= 4 is 0 Å². The van der Waals surface area contributed by atoms with E-state index in [0.29, 0.717) is 0 Å². The Balaban J connectivity index is 1.78. The summed E-state index contributed by atoms with van der Waals surface area (Å²) in [4.78, 5) is 0. The lowest BCUT2D eigenvalue weighted by molar-refractivity contribution is 0.127. The molecule has 4 rings (SSSR count). The van der Waals surface area contributed by atoms with Gasteiger partial charge in [0.2, 0.25) is 0 Å². The Kier molecular flexibility index (Phi) is 1.30. The lowest BCUT2D eigenvalue weighted by Crippen LogP contribution is -2.35. The summed E-state index contributed by atoms with van der Waals surface area (Å²) in [7, 11) is 0. The van der Waals surface area contributed by atoms with Crippen molar-refractivity contribution in [1.82, 2.24) is 0 Å². The van der Waals surface area contributed by atoms with E-state index in [4.69, 9.17) is 0 Å². The minimum Gasteiger partial charge on any atom is -0.0810 e. The summed E-state index contributed by atoms with van der Waals surface area (Å²) >= 11 is 0. The van der Waals surface area contributed by atoms with Gasteiger partial charge in [0.25, 0.3) is 0 Å². The van der Waals surface area contributed by atoms with Crippen LogP contribution < -0.4 is 0 Å². The molecular weight excluding hydrogens is 168 g/mol. The highest BCUT2D eigenvalue weighted by Gasteiger charge is 2.59. The topological polar surface area (TPSA) is 0 Å². The van der Waals surface area contributed by atoms with Crippen LogP contribution in [-0.4, -0.2) is 0 Å². The summed E-state index contributed by atoms with van der Waals surface area (Å²) in [6.07, 6.45) is 7.39. The van der Waals surface area contributed by atoms with Gasteiger partial charge in [-0.1, -0.05) is 25.5 Å². The molecule has 0 radical (unpaired) electrons. The Morgan fingerprint density at radius 2 is 1.93 bits per heavy atom. The summed E-state index contributed by atoms with van der Waals surface area (Å²) in [5, 5.41) is 0. The van der Waals surface area contributed by atoms with Gasteiger partial charge in [0.15, 0.2) is 0 Å². The molecule has 0 aromatic rings. The summed E-state index contributed by atoms with van der Waals surface area (Å²) in [5.41, 5.74) is 1.89. The zero-order valence-corrected chi connectivity index (χ0v) is 9.24. The molecule has 2 saturated carbocycles. The minimum atomic E-state index is 0.917. The second-order valence-electron chi connectivity index (χ2n) is 6.33. The van der Waals surface area contributed by atoms with Crippen LogP contribution >= 0.6 is 0 Å². The summed E-state index contributed by atoms with van der Waals surface area (Å²) in [6.45, 7) is 4.96. The molecule has 0 heteroatoms. The largest absolute Gasteiger partial charge is 0.0810 e. The van der Waals surface area contributed by atoms with E-state index in [1.807, 2.05) is 5.57 Å². The number of fused-ring (bicyclic) bond motifs is 8. The molecule has 0 amide bonds. The van der Waals surface area contributed by atoms with Crippen molar-refractivity contribution in [3.8, 4) is 0 Å². The summed E-state index contributed by atoms with van der Waals surface area (Å²) < 4.78 is 0. The van der Waals surface area contributed by atoms with Crippen LogP contribution in [0.1, 0.15) is 33.1 Å². The lowest BCUT2D eigenvalue weighted by atomic mass is 9.64. The molecule has 0 saturated heterocycles. The van der Waals surface area contributed by atoms with Crippen LogP contribution in [0.5, 0.6) is 0 Å². The first-order valence-corrected chi connectivity index (χ1v) is 6.49. The molecule has 4 aliphatic carbocycles. The quantitative estimate of drug-likeness (QED) is 0.510. The van der Waals surface area contributed by atoms with Crippen molar-refractivity contribution in [2.75, 3.05) is 0 Å². The first-order valence-electron chi connectivity index (χ1n) is 6.49. The summed E-state index contributed by atoms with van der Waals surface area (Å²) in [5.74, 6) is 7.27. The highest BCUT2D eigenvalue weighted by molar-refractivity contribution is 5.32. The fourth-order valence-corrected chi connectivity index (χ4v) is 5.42. The van der Waals surface area contributed by atoms with Gasteiger partial charge in [0.1, 0.15) is 0 Å². The van der Waals surface area contributed by atoms with Crippen molar-refractivity contribution in [2.24, 2.45) is 41.4 Å². The molecule has 4 bridgehead atoms. The van der Waals surface area contributed by atoms with Gasteiger partial charge in [-0.3, -0.25) is 0 Å². The zero-order valence-electron chi connectivity index (χ0n) is 9.24. The molecule has 0 aliphatic heterocycles. The third-order valence-electron chi connectivity index (χ3n) is 6.12. The molecule has 7 unspecified atom stereocenters. The number of hydrogen-bond donors (Lipinski definition) is 0. The molecule has 2 fully saturated rings. The lowest BCUT2D eigenvalue weighted by Gasteiger charge is -2.40. The van der Waals surface area contributed by atoms with Crippen LogP contribution in [0.2, 0.25) is 0 Å². The Morgan fingerprint density at radius 1 is 1.14 bits per heavy atom. The second-order valence-corrected chi connectivity index (χ2v) is 6.33. The predicted molar refractivity (Wildman–Crippen MR) is 57.7 cm³/mol. The first-order chi connectivity index (χ1) is 6.77. The Labute approximate surface area is 86.8 Å². The normalized spacial score (nSPS) is 63.3. The number of allylic oxidation sites excluding steroid dienone is 2. The fraction of sp³-hybridized carbons (Fsp3) is 0.857. The molecule has 0 nitrogen and oxygen atoms in total. The van der Waals surface area contributed by atoms with E-state index < -0.39 is 0 Å². The van der Waals surface area contributed by atoms with E-state index in [2.05, 4.69) is 19.9 Å². The van der Waals surface area contributed by atoms with Crippen LogP contribution in [-0.2, 0) is 0 Å². The number of hydrogen-bond acceptors (Lipinski definition) is 0. The van der Waals surface area contributed by atoms with Gasteiger partial charge in [-0.15, -0.1) is 0 Å². The van der Waals surface area contributed by atoms with Gasteiger partial charge in [-0.25, -0.2) is 0 Å². The van der Waals surface area contributed by atoms with E-state index in [0.717, 1.165) is 41.4 Å². The van der Waals surface area contributed by atoms with Crippen molar-refractivity contribution in [3.63, 3.8) is 0 Å². The van der Waals surface area contributed by atoms with E-state index in [1.54, 1.807) is 19.3 Å². The van der Waals surface area contributed by atoms with E-state index in [9.17, 15) is 0 Å². The zero-order chi connectivity index (χ0) is 9.45. The first kappa shape index (κ1) is 7.96. The van der Waals surface area contributed by atoms with Gasteiger partial charge in [0, 0.05) is 0 Å². The molecular formula is C14H20. The maximum Gasteiger partial charge on any atom is -0.0135 e. The van der Waals surface area contributed by atoms with Crippen molar-refractivity contribution in [1.29, 1.82) is 0 Å². The van der Waals surface area contributed by atoms with Gasteiger partial charge in [-0.05, 0) is 60.7 Å². The molecule has 4 aliphatic rings. The maximum atomic E-state index is 2.69. The van der Waals surface area contributed by atoms with Crippen molar-refractivity contribution < 1.29 is 0 Å². The van der Waals surface area contributed by atoms with E-state index in [-0.39, 0.29) is 0 Å². The van der Waals surface area contributed by atoms with Crippen LogP contribution in [0, 0.1) is 41.4 Å². The Hall–Kier alpha value is -0.260. The Bertz CT molecular complexity index is 314. The van der Waals surface area contributed by atoms with Gasteiger partial charge in [0.05, 0.1) is 0 Å². The molecule has 0 aromatic carbocycles. The molecule has 0 spiro atoms. The molecule has 14 heavy (non-hydrogen) atoms. The van der Waals surface area contributed by atoms with Crippen LogP contribution in [0.3, 0.4) is 0 Å². The Morgan fingerprint density at radius 3 is 2.79 bits per heavy atom. The molecule has 76 valence electrons. The summed E-state index contributed by atoms with van der Waals surface area (Å²) in [6, 6.07) is 0.